The molecular formula is C70H48N2S. The topological polar surface area (TPSA) is 8.17 Å². The lowest BCUT2D eigenvalue weighted by atomic mass is 9.89. The first-order chi connectivity index (χ1) is 36.2. The Hall–Kier alpha value is -9.02. The molecule has 2 nitrogen and oxygen atoms in total. The number of hydrogen-bond donors (Lipinski definition) is 0. The summed E-state index contributed by atoms with van der Waals surface area (Å²) in [7, 11) is 0. The maximum atomic E-state index is 2.67. The molecule has 3 heteroatoms. The van der Waals surface area contributed by atoms with E-state index in [9.17, 15) is 0 Å². The molecule has 0 bridgehead atoms. The molecule has 12 aromatic carbocycles. The van der Waals surface area contributed by atoms with Crippen LogP contribution in [0.15, 0.2) is 267 Å². The molecule has 0 aliphatic heterocycles. The average Bonchev–Trinajstić information content (AvgIpc) is 4.01. The zero-order chi connectivity index (χ0) is 48.2. The van der Waals surface area contributed by atoms with Gasteiger partial charge in [-0.15, -0.1) is 11.3 Å². The Morgan fingerprint density at radius 1 is 0.342 bits per heavy atom. The molecule has 0 amide bonds. The van der Waals surface area contributed by atoms with Gasteiger partial charge in [0.05, 0.1) is 28.1 Å². The van der Waals surface area contributed by atoms with Crippen LogP contribution in [0.4, 0.5) is 11.4 Å². The second-order valence-electron chi connectivity index (χ2n) is 19.0. The van der Waals surface area contributed by atoms with E-state index in [1.54, 1.807) is 0 Å². The molecule has 0 aliphatic carbocycles. The summed E-state index contributed by atoms with van der Waals surface area (Å²) in [4.78, 5) is 2.67. The molecule has 73 heavy (non-hydrogen) atoms. The fraction of sp³-hybridized carbons (Fsp3) is 0.0286. The fourth-order valence-electron chi connectivity index (χ4n) is 11.7. The van der Waals surface area contributed by atoms with Crippen molar-refractivity contribution in [2.45, 2.75) is 6.42 Å². The van der Waals surface area contributed by atoms with Crippen LogP contribution in [0.25, 0.3) is 114 Å². The number of anilines is 2. The van der Waals surface area contributed by atoms with E-state index in [-0.39, 0.29) is 0 Å². The highest BCUT2D eigenvalue weighted by Gasteiger charge is 2.26. The largest absolute Gasteiger partial charge is 0.340 e. The Labute approximate surface area is 428 Å². The lowest BCUT2D eigenvalue weighted by Gasteiger charge is -2.30. The lowest BCUT2D eigenvalue weighted by molar-refractivity contribution is 0.925. The summed E-state index contributed by atoms with van der Waals surface area (Å²) in [5.74, 6) is 0. The van der Waals surface area contributed by atoms with Gasteiger partial charge in [0.2, 0.25) is 0 Å². The molecule has 0 aliphatic rings. The van der Waals surface area contributed by atoms with Crippen molar-refractivity contribution < 1.29 is 0 Å². The Balaban J connectivity index is 0.997. The Morgan fingerprint density at radius 3 is 1.67 bits per heavy atom. The van der Waals surface area contributed by atoms with Gasteiger partial charge in [0.25, 0.3) is 0 Å². The van der Waals surface area contributed by atoms with Crippen molar-refractivity contribution in [3.8, 4) is 50.2 Å². The van der Waals surface area contributed by atoms with Crippen LogP contribution >= 0.6 is 11.3 Å². The van der Waals surface area contributed by atoms with Gasteiger partial charge in [0, 0.05) is 53.8 Å². The first kappa shape index (κ1) is 42.8. The van der Waals surface area contributed by atoms with Gasteiger partial charge in [0.1, 0.15) is 0 Å². The SMILES string of the molecule is c1ccc(-c2cccc(-c3ccccc3-n3c4ccccc4c4c(N(CCc5ccccc5-c5ccc6sc7ccccc7c6c5)c5c6ccccc6c(-c6ccccc6)c6ccccc56)cccc43)c2)cc1. The minimum absolute atomic E-state index is 0.737. The molecular weight excluding hydrogens is 901 g/mol. The molecule has 0 unspecified atom stereocenters. The maximum Gasteiger partial charge on any atom is 0.0570 e. The van der Waals surface area contributed by atoms with Crippen LogP contribution in [-0.2, 0) is 6.42 Å². The van der Waals surface area contributed by atoms with Gasteiger partial charge in [-0.2, -0.15) is 0 Å². The second-order valence-corrected chi connectivity index (χ2v) is 20.1. The molecule has 14 aromatic rings. The normalized spacial score (nSPS) is 11.7. The van der Waals surface area contributed by atoms with Gasteiger partial charge in [-0.3, -0.25) is 0 Å². The summed E-state index contributed by atoms with van der Waals surface area (Å²) in [5, 5.41) is 10.0. The van der Waals surface area contributed by atoms with Gasteiger partial charge >= 0.3 is 0 Å². The number of para-hydroxylation sites is 2. The number of fused-ring (bicyclic) bond motifs is 8. The van der Waals surface area contributed by atoms with Crippen LogP contribution in [0.5, 0.6) is 0 Å². The Bertz CT molecular complexity index is 4330. The zero-order valence-electron chi connectivity index (χ0n) is 40.1. The number of nitrogens with zero attached hydrogens (tertiary/aromatic N) is 2. The summed E-state index contributed by atoms with van der Waals surface area (Å²) in [5.41, 5.74) is 17.0. The molecule has 0 spiro atoms. The maximum absolute atomic E-state index is 2.67. The van der Waals surface area contributed by atoms with E-state index in [2.05, 4.69) is 276 Å². The zero-order valence-corrected chi connectivity index (χ0v) is 40.9. The van der Waals surface area contributed by atoms with Crippen molar-refractivity contribution in [1.29, 1.82) is 0 Å². The van der Waals surface area contributed by atoms with Gasteiger partial charge in [-0.1, -0.05) is 218 Å². The molecule has 2 heterocycles. The lowest BCUT2D eigenvalue weighted by Crippen LogP contribution is -2.21. The second kappa shape index (κ2) is 18.0. The molecule has 0 N–H and O–H groups in total. The third-order valence-corrected chi connectivity index (χ3v) is 16.1. The van der Waals surface area contributed by atoms with Gasteiger partial charge < -0.3 is 9.47 Å². The van der Waals surface area contributed by atoms with E-state index in [0.29, 0.717) is 0 Å². The molecule has 344 valence electrons. The summed E-state index contributed by atoms with van der Waals surface area (Å²) in [6.45, 7) is 0.737. The molecule has 0 atom stereocenters. The van der Waals surface area contributed by atoms with E-state index in [4.69, 9.17) is 0 Å². The van der Waals surface area contributed by atoms with Crippen LogP contribution < -0.4 is 4.90 Å². The minimum Gasteiger partial charge on any atom is -0.340 e. The standard InChI is InChI=1S/C70H48N2S/c1-3-21-47(22-4-1)50-26-19-27-51(45-50)54-29-13-16-36-62(54)72-63-37-17-14-35-60(63)69-64(38-20-39-65(69)72)71(70-58-33-11-9-31-56(58)68(49-24-5-2-6-25-49)57-32-10-12-34-59(57)70)44-43-48-23-7-8-28-53(48)52-41-42-67-61(46-52)55-30-15-18-40-66(55)73-67/h1-42,45-46H,43-44H2. The summed E-state index contributed by atoms with van der Waals surface area (Å²) < 4.78 is 5.15. The first-order valence-corrected chi connectivity index (χ1v) is 26.1. The molecule has 14 rings (SSSR count). The number of benzene rings is 12. The van der Waals surface area contributed by atoms with Crippen molar-refractivity contribution >= 4 is 86.2 Å². The number of aromatic nitrogens is 1. The number of rotatable bonds is 10. The van der Waals surface area contributed by atoms with E-state index < -0.39 is 0 Å². The van der Waals surface area contributed by atoms with E-state index in [1.807, 2.05) is 11.3 Å². The predicted octanol–water partition coefficient (Wildman–Crippen LogP) is 19.5. The molecule has 0 saturated carbocycles. The van der Waals surface area contributed by atoms with Gasteiger partial charge in [0.15, 0.2) is 0 Å². The third kappa shape index (κ3) is 7.31. The highest BCUT2D eigenvalue weighted by atomic mass is 32.1. The van der Waals surface area contributed by atoms with E-state index >= 15 is 0 Å². The highest BCUT2D eigenvalue weighted by molar-refractivity contribution is 7.25. The highest BCUT2D eigenvalue weighted by Crippen LogP contribution is 2.49. The minimum atomic E-state index is 0.737. The fourth-order valence-corrected chi connectivity index (χ4v) is 12.8. The predicted molar refractivity (Wildman–Crippen MR) is 314 cm³/mol. The van der Waals surface area contributed by atoms with E-state index in [0.717, 1.165) is 18.7 Å². The van der Waals surface area contributed by atoms with Crippen molar-refractivity contribution in [1.82, 2.24) is 4.57 Å². The monoisotopic (exact) mass is 948 g/mol. The summed E-state index contributed by atoms with van der Waals surface area (Å²) >= 11 is 1.87. The smallest absolute Gasteiger partial charge is 0.0570 e. The van der Waals surface area contributed by atoms with Crippen LogP contribution in [0, 0.1) is 0 Å². The average molecular weight is 949 g/mol. The molecule has 2 aromatic heterocycles. The molecule has 0 fully saturated rings. The van der Waals surface area contributed by atoms with E-state index in [1.165, 1.54) is 125 Å². The first-order valence-electron chi connectivity index (χ1n) is 25.3. The molecule has 0 saturated heterocycles. The van der Waals surface area contributed by atoms with Gasteiger partial charge in [-0.05, 0) is 110 Å². The third-order valence-electron chi connectivity index (χ3n) is 14.9. The van der Waals surface area contributed by atoms with Crippen LogP contribution in [0.1, 0.15) is 5.56 Å². The van der Waals surface area contributed by atoms with Gasteiger partial charge in [-0.25, -0.2) is 0 Å². The van der Waals surface area contributed by atoms with Crippen molar-refractivity contribution in [3.63, 3.8) is 0 Å². The van der Waals surface area contributed by atoms with Crippen LogP contribution in [0.3, 0.4) is 0 Å². The van der Waals surface area contributed by atoms with Crippen LogP contribution in [0.2, 0.25) is 0 Å². The Kier molecular flexibility index (Phi) is 10.6. The summed E-state index contributed by atoms with van der Waals surface area (Å²) in [6.07, 6.45) is 0.817. The number of hydrogen-bond acceptors (Lipinski definition) is 2. The summed E-state index contributed by atoms with van der Waals surface area (Å²) in [6, 6.07) is 98.6. The van der Waals surface area contributed by atoms with Crippen molar-refractivity contribution in [2.24, 2.45) is 0 Å². The number of thiophene rings is 1. The quantitative estimate of drug-likeness (QED) is 0.124. The Morgan fingerprint density at radius 2 is 0.890 bits per heavy atom. The van der Waals surface area contributed by atoms with Crippen molar-refractivity contribution in [3.05, 3.63) is 272 Å². The molecule has 0 radical (unpaired) electrons. The van der Waals surface area contributed by atoms with Crippen LogP contribution in [-0.4, -0.2) is 11.1 Å². The van der Waals surface area contributed by atoms with Crippen molar-refractivity contribution in [2.75, 3.05) is 11.4 Å².